The molecular weight excluding hydrogens is 360 g/mol. The number of carbonyl (C=O) groups is 1. The Bertz CT molecular complexity index is 649. The average molecular weight is 379 g/mol. The number of hydrogen-bond acceptors (Lipinski definition) is 3. The first-order chi connectivity index (χ1) is 11.2. The van der Waals surface area contributed by atoms with Gasteiger partial charge in [-0.3, -0.25) is 0 Å². The van der Waals surface area contributed by atoms with Crippen LogP contribution < -0.4 is 20.1 Å². The van der Waals surface area contributed by atoms with E-state index in [1.807, 2.05) is 49.4 Å². The van der Waals surface area contributed by atoms with Crippen LogP contribution in [0.5, 0.6) is 11.5 Å². The molecule has 0 aliphatic rings. The van der Waals surface area contributed by atoms with Gasteiger partial charge in [0.1, 0.15) is 0 Å². The van der Waals surface area contributed by atoms with Crippen molar-refractivity contribution in [2.75, 3.05) is 13.3 Å². The number of benzene rings is 2. The molecule has 6 heteroatoms. The Morgan fingerprint density at radius 1 is 1.04 bits per heavy atom. The van der Waals surface area contributed by atoms with Crippen LogP contribution in [0, 0.1) is 0 Å². The normalized spacial score (nSPS) is 10.0. The first-order valence-corrected chi connectivity index (χ1v) is 8.09. The summed E-state index contributed by atoms with van der Waals surface area (Å²) in [5, 5.41) is 5.42. The number of halogens is 1. The van der Waals surface area contributed by atoms with Crippen molar-refractivity contribution in [1.82, 2.24) is 10.6 Å². The number of para-hydroxylation sites is 2. The predicted octanol–water partition coefficient (Wildman–Crippen LogP) is 3.68. The molecule has 5 nitrogen and oxygen atoms in total. The molecule has 0 heterocycles. The highest BCUT2D eigenvalue weighted by atomic mass is 79.9. The number of rotatable bonds is 7. The van der Waals surface area contributed by atoms with Crippen LogP contribution in [0.2, 0.25) is 0 Å². The number of carbonyl (C=O) groups excluding carboxylic acids is 1. The van der Waals surface area contributed by atoms with Crippen molar-refractivity contribution in [2.45, 2.75) is 13.5 Å². The summed E-state index contributed by atoms with van der Waals surface area (Å²) in [6, 6.07) is 14.8. The second kappa shape index (κ2) is 9.05. The van der Waals surface area contributed by atoms with E-state index in [1.54, 1.807) is 6.07 Å². The van der Waals surface area contributed by atoms with Crippen LogP contribution in [0.3, 0.4) is 0 Å². The quantitative estimate of drug-likeness (QED) is 0.722. The maximum atomic E-state index is 11.8. The van der Waals surface area contributed by atoms with Gasteiger partial charge in [0.05, 0.1) is 6.61 Å². The lowest BCUT2D eigenvalue weighted by molar-refractivity contribution is 0.219. The van der Waals surface area contributed by atoms with Crippen LogP contribution in [-0.2, 0) is 6.54 Å². The number of hydrogen-bond donors (Lipinski definition) is 2. The van der Waals surface area contributed by atoms with E-state index in [-0.39, 0.29) is 12.8 Å². The number of urea groups is 1. The summed E-state index contributed by atoms with van der Waals surface area (Å²) in [6.07, 6.45) is 0. The summed E-state index contributed by atoms with van der Waals surface area (Å²) in [7, 11) is 0. The third kappa shape index (κ3) is 5.83. The van der Waals surface area contributed by atoms with Gasteiger partial charge < -0.3 is 20.1 Å². The Morgan fingerprint density at radius 3 is 2.48 bits per heavy atom. The summed E-state index contributed by atoms with van der Waals surface area (Å²) in [5.41, 5.74) is 1.01. The highest BCUT2D eigenvalue weighted by Crippen LogP contribution is 2.25. The fraction of sp³-hybridized carbons (Fsp3) is 0.235. The average Bonchev–Trinajstić information content (AvgIpc) is 2.55. The van der Waals surface area contributed by atoms with E-state index in [2.05, 4.69) is 26.6 Å². The second-order valence-electron chi connectivity index (χ2n) is 4.66. The zero-order valence-electron chi connectivity index (χ0n) is 12.8. The van der Waals surface area contributed by atoms with Crippen molar-refractivity contribution in [3.05, 3.63) is 58.6 Å². The highest BCUT2D eigenvalue weighted by Gasteiger charge is 2.05. The maximum Gasteiger partial charge on any atom is 0.317 e. The Kier molecular flexibility index (Phi) is 6.75. The number of nitrogens with one attached hydrogen (secondary N) is 2. The standard InChI is InChI=1S/C17H19BrN2O3/c1-2-22-15-8-3-4-9-16(15)23-12-20-17(21)19-11-13-6-5-7-14(18)10-13/h3-10H,2,11-12H2,1H3,(H2,19,20,21). The molecule has 2 rings (SSSR count). The topological polar surface area (TPSA) is 59.6 Å². The molecule has 0 spiro atoms. The van der Waals surface area contributed by atoms with Crippen LogP contribution in [-0.4, -0.2) is 19.4 Å². The van der Waals surface area contributed by atoms with Gasteiger partial charge in [0.2, 0.25) is 0 Å². The van der Waals surface area contributed by atoms with Crippen molar-refractivity contribution in [3.8, 4) is 11.5 Å². The van der Waals surface area contributed by atoms with Crippen LogP contribution in [0.25, 0.3) is 0 Å². The summed E-state index contributed by atoms with van der Waals surface area (Å²) in [4.78, 5) is 11.8. The first kappa shape index (κ1) is 17.1. The third-order valence-electron chi connectivity index (χ3n) is 2.95. The van der Waals surface area contributed by atoms with E-state index in [4.69, 9.17) is 9.47 Å². The lowest BCUT2D eigenvalue weighted by Crippen LogP contribution is -2.37. The third-order valence-corrected chi connectivity index (χ3v) is 3.44. The van der Waals surface area contributed by atoms with Crippen LogP contribution in [0.1, 0.15) is 12.5 Å². The molecule has 0 bridgehead atoms. The maximum absolute atomic E-state index is 11.8. The molecular formula is C17H19BrN2O3. The van der Waals surface area contributed by atoms with Crippen LogP contribution >= 0.6 is 15.9 Å². The SMILES string of the molecule is CCOc1ccccc1OCNC(=O)NCc1cccc(Br)c1. The summed E-state index contributed by atoms with van der Waals surface area (Å²) >= 11 is 3.40. The molecule has 0 aliphatic heterocycles. The summed E-state index contributed by atoms with van der Waals surface area (Å²) in [6.45, 7) is 2.97. The van der Waals surface area contributed by atoms with Gasteiger partial charge in [-0.25, -0.2) is 4.79 Å². The molecule has 2 amide bonds. The lowest BCUT2D eigenvalue weighted by atomic mass is 10.2. The minimum absolute atomic E-state index is 0.0639. The molecule has 2 aromatic carbocycles. The Morgan fingerprint density at radius 2 is 1.78 bits per heavy atom. The molecule has 122 valence electrons. The Hall–Kier alpha value is -2.21. The summed E-state index contributed by atoms with van der Waals surface area (Å²) < 4.78 is 12.0. The molecule has 2 N–H and O–H groups in total. The molecule has 0 aliphatic carbocycles. The molecule has 23 heavy (non-hydrogen) atoms. The van der Waals surface area contributed by atoms with Gasteiger partial charge in [-0.05, 0) is 36.8 Å². The van der Waals surface area contributed by atoms with Gasteiger partial charge in [-0.1, -0.05) is 40.2 Å². The van der Waals surface area contributed by atoms with E-state index in [1.165, 1.54) is 0 Å². The fourth-order valence-corrected chi connectivity index (χ4v) is 2.36. The first-order valence-electron chi connectivity index (χ1n) is 7.30. The van der Waals surface area contributed by atoms with Crippen molar-refractivity contribution >= 4 is 22.0 Å². The van der Waals surface area contributed by atoms with Gasteiger partial charge in [-0.2, -0.15) is 0 Å². The molecule has 0 unspecified atom stereocenters. The van der Waals surface area contributed by atoms with E-state index in [9.17, 15) is 4.79 Å². The lowest BCUT2D eigenvalue weighted by Gasteiger charge is -2.12. The van der Waals surface area contributed by atoms with Gasteiger partial charge in [0, 0.05) is 11.0 Å². The summed E-state index contributed by atoms with van der Waals surface area (Å²) in [5.74, 6) is 1.26. The molecule has 2 aromatic rings. The second-order valence-corrected chi connectivity index (χ2v) is 5.57. The van der Waals surface area contributed by atoms with E-state index >= 15 is 0 Å². The van der Waals surface area contributed by atoms with Gasteiger partial charge in [0.15, 0.2) is 18.2 Å². The molecule has 0 saturated carbocycles. The van der Waals surface area contributed by atoms with E-state index in [0.717, 1.165) is 10.0 Å². The minimum atomic E-state index is -0.293. The van der Waals surface area contributed by atoms with E-state index in [0.29, 0.717) is 24.7 Å². The van der Waals surface area contributed by atoms with Crippen molar-refractivity contribution in [2.24, 2.45) is 0 Å². The molecule has 0 aromatic heterocycles. The van der Waals surface area contributed by atoms with Gasteiger partial charge in [0.25, 0.3) is 0 Å². The zero-order valence-corrected chi connectivity index (χ0v) is 14.4. The van der Waals surface area contributed by atoms with Crippen LogP contribution in [0.15, 0.2) is 53.0 Å². The van der Waals surface area contributed by atoms with Crippen LogP contribution in [0.4, 0.5) is 4.79 Å². The largest absolute Gasteiger partial charge is 0.490 e. The Balaban J connectivity index is 1.75. The molecule has 0 radical (unpaired) electrons. The predicted molar refractivity (Wildman–Crippen MR) is 92.6 cm³/mol. The smallest absolute Gasteiger partial charge is 0.317 e. The van der Waals surface area contributed by atoms with Crippen molar-refractivity contribution < 1.29 is 14.3 Å². The molecule has 0 fully saturated rings. The van der Waals surface area contributed by atoms with Crippen molar-refractivity contribution in [1.29, 1.82) is 0 Å². The monoisotopic (exact) mass is 378 g/mol. The van der Waals surface area contributed by atoms with Crippen molar-refractivity contribution in [3.63, 3.8) is 0 Å². The fourth-order valence-electron chi connectivity index (χ4n) is 1.92. The Labute approximate surface area is 144 Å². The highest BCUT2D eigenvalue weighted by molar-refractivity contribution is 9.10. The van der Waals surface area contributed by atoms with Gasteiger partial charge >= 0.3 is 6.03 Å². The number of ether oxygens (including phenoxy) is 2. The minimum Gasteiger partial charge on any atom is -0.490 e. The van der Waals surface area contributed by atoms with Gasteiger partial charge in [-0.15, -0.1) is 0 Å². The molecule has 0 atom stereocenters. The molecule has 0 saturated heterocycles. The zero-order chi connectivity index (χ0) is 16.5. The van der Waals surface area contributed by atoms with E-state index < -0.39 is 0 Å². The number of amides is 2.